The van der Waals surface area contributed by atoms with Gasteiger partial charge in [-0.3, -0.25) is 0 Å². The quantitative estimate of drug-likeness (QED) is 0.357. The Morgan fingerprint density at radius 2 is 1.56 bits per heavy atom. The molecule has 192 valence electrons. The molecule has 1 aromatic carbocycles. The van der Waals surface area contributed by atoms with Crippen LogP contribution >= 0.6 is 0 Å². The van der Waals surface area contributed by atoms with E-state index in [-0.39, 0.29) is 36.0 Å². The first kappa shape index (κ1) is 25.8. The van der Waals surface area contributed by atoms with Crippen molar-refractivity contribution in [1.29, 1.82) is 0 Å². The van der Waals surface area contributed by atoms with Crippen LogP contribution in [0.3, 0.4) is 0 Å². The fourth-order valence-corrected chi connectivity index (χ4v) is 6.01. The summed E-state index contributed by atoms with van der Waals surface area (Å²) in [7, 11) is 0. The monoisotopic (exact) mass is 480 g/mol. The zero-order chi connectivity index (χ0) is 23.9. The summed E-state index contributed by atoms with van der Waals surface area (Å²) in [6.45, 7) is 5.59. The third kappa shape index (κ3) is 6.30. The molecule has 2 heterocycles. The van der Waals surface area contributed by atoms with E-state index in [0.29, 0.717) is 31.8 Å². The molecule has 3 aliphatic rings. The zero-order valence-corrected chi connectivity index (χ0v) is 20.9. The molecule has 4 nitrogen and oxygen atoms in total. The first-order chi connectivity index (χ1) is 16.6. The molecule has 2 atom stereocenters. The van der Waals surface area contributed by atoms with Crippen molar-refractivity contribution in [1.82, 2.24) is 0 Å². The Hall–Kier alpha value is -1.24. The molecule has 1 saturated carbocycles. The van der Waals surface area contributed by atoms with Crippen molar-refractivity contribution in [3.8, 4) is 5.75 Å². The minimum absolute atomic E-state index is 0.0573. The van der Waals surface area contributed by atoms with Crippen molar-refractivity contribution in [2.75, 3.05) is 26.4 Å². The Labute approximate surface area is 203 Å². The van der Waals surface area contributed by atoms with E-state index in [1.807, 2.05) is 0 Å². The molecule has 4 rings (SSSR count). The molecule has 2 saturated heterocycles. The topological polar surface area (TPSA) is 36.9 Å². The van der Waals surface area contributed by atoms with E-state index in [9.17, 15) is 8.78 Å². The number of benzene rings is 1. The third-order valence-corrected chi connectivity index (χ3v) is 8.10. The number of hydrogen-bond donors (Lipinski definition) is 0. The second-order valence-electron chi connectivity index (χ2n) is 10.4. The molecular weight excluding hydrogens is 438 g/mol. The predicted molar refractivity (Wildman–Crippen MR) is 128 cm³/mol. The Morgan fingerprint density at radius 1 is 0.824 bits per heavy atom. The van der Waals surface area contributed by atoms with Crippen LogP contribution in [-0.4, -0.2) is 38.8 Å². The van der Waals surface area contributed by atoms with Gasteiger partial charge >= 0.3 is 0 Å². The van der Waals surface area contributed by atoms with Crippen LogP contribution in [0.4, 0.5) is 8.78 Å². The highest BCUT2D eigenvalue weighted by molar-refractivity contribution is 5.33. The second kappa shape index (κ2) is 12.6. The van der Waals surface area contributed by atoms with Crippen LogP contribution < -0.4 is 4.74 Å². The number of hydrogen-bond acceptors (Lipinski definition) is 4. The SMILES string of the molecule is CCCCCC1CCC(C2CCC(C3OCC(c4ccc(OCC)c(F)c4F)CO3)CO2)CC1. The van der Waals surface area contributed by atoms with Gasteiger partial charge in [0.15, 0.2) is 17.9 Å². The molecule has 1 aromatic rings. The number of rotatable bonds is 9. The van der Waals surface area contributed by atoms with Crippen LogP contribution in [0.25, 0.3) is 0 Å². The number of unbranched alkanes of at least 4 members (excludes halogenated alkanes) is 2. The van der Waals surface area contributed by atoms with Crippen LogP contribution in [-0.2, 0) is 14.2 Å². The van der Waals surface area contributed by atoms with E-state index in [1.165, 1.54) is 57.4 Å². The van der Waals surface area contributed by atoms with Gasteiger partial charge in [-0.1, -0.05) is 51.5 Å². The Kier molecular flexibility index (Phi) is 9.61. The minimum atomic E-state index is -0.941. The van der Waals surface area contributed by atoms with Gasteiger partial charge in [-0.2, -0.15) is 4.39 Å². The lowest BCUT2D eigenvalue weighted by molar-refractivity contribution is -0.233. The third-order valence-electron chi connectivity index (χ3n) is 8.10. The maximum absolute atomic E-state index is 14.6. The normalized spacial score (nSPS) is 32.5. The standard InChI is InChI=1S/C28H42F2O4/c1-3-5-6-7-19-8-10-20(11-9-19)24-14-12-21(16-32-24)28-33-17-22(18-34-28)23-13-15-25(31-4-2)27(30)26(23)29/h13,15,19-22,24,28H,3-12,14,16-18H2,1-2H3. The Bertz CT molecular complexity index is 749. The first-order valence-corrected chi connectivity index (χ1v) is 13.6. The van der Waals surface area contributed by atoms with Crippen molar-refractivity contribution >= 4 is 0 Å². The average Bonchev–Trinajstić information content (AvgIpc) is 2.88. The van der Waals surface area contributed by atoms with E-state index < -0.39 is 11.6 Å². The molecule has 0 spiro atoms. The summed E-state index contributed by atoms with van der Waals surface area (Å²) in [5, 5.41) is 0. The van der Waals surface area contributed by atoms with Crippen molar-refractivity contribution in [3.63, 3.8) is 0 Å². The second-order valence-corrected chi connectivity index (χ2v) is 10.4. The van der Waals surface area contributed by atoms with E-state index in [4.69, 9.17) is 18.9 Å². The molecule has 0 N–H and O–H groups in total. The molecule has 34 heavy (non-hydrogen) atoms. The van der Waals surface area contributed by atoms with E-state index in [2.05, 4.69) is 6.92 Å². The molecular formula is C28H42F2O4. The molecule has 0 amide bonds. The van der Waals surface area contributed by atoms with Gasteiger partial charge in [-0.25, -0.2) is 4.39 Å². The van der Waals surface area contributed by atoms with E-state index in [0.717, 1.165) is 18.8 Å². The van der Waals surface area contributed by atoms with Crippen molar-refractivity contribution < 1.29 is 27.7 Å². The smallest absolute Gasteiger partial charge is 0.200 e. The van der Waals surface area contributed by atoms with Gasteiger partial charge in [0.25, 0.3) is 0 Å². The van der Waals surface area contributed by atoms with Gasteiger partial charge in [-0.05, 0) is 56.1 Å². The van der Waals surface area contributed by atoms with Crippen LogP contribution in [0.15, 0.2) is 12.1 Å². The van der Waals surface area contributed by atoms with Crippen LogP contribution in [0.2, 0.25) is 0 Å². The van der Waals surface area contributed by atoms with Gasteiger partial charge in [0, 0.05) is 11.8 Å². The van der Waals surface area contributed by atoms with Crippen LogP contribution in [0.1, 0.15) is 89.5 Å². The largest absolute Gasteiger partial charge is 0.491 e. The Balaban J connectivity index is 1.19. The summed E-state index contributed by atoms with van der Waals surface area (Å²) >= 11 is 0. The van der Waals surface area contributed by atoms with Crippen molar-refractivity contribution in [3.05, 3.63) is 29.3 Å². The number of halogens is 2. The first-order valence-electron chi connectivity index (χ1n) is 13.6. The average molecular weight is 481 g/mol. The Morgan fingerprint density at radius 3 is 2.21 bits per heavy atom. The highest BCUT2D eigenvalue weighted by Crippen LogP contribution is 2.39. The maximum atomic E-state index is 14.6. The predicted octanol–water partition coefficient (Wildman–Crippen LogP) is 7.00. The molecule has 0 bridgehead atoms. The lowest BCUT2D eigenvalue weighted by atomic mass is 9.76. The molecule has 1 aliphatic carbocycles. The van der Waals surface area contributed by atoms with Gasteiger partial charge in [0.1, 0.15) is 0 Å². The molecule has 2 unspecified atom stereocenters. The molecule has 0 radical (unpaired) electrons. The van der Waals surface area contributed by atoms with Gasteiger partial charge < -0.3 is 18.9 Å². The summed E-state index contributed by atoms with van der Waals surface area (Å²) in [5.41, 5.74) is 0.282. The van der Waals surface area contributed by atoms with Crippen LogP contribution in [0.5, 0.6) is 5.75 Å². The highest BCUT2D eigenvalue weighted by atomic mass is 19.2. The highest BCUT2D eigenvalue weighted by Gasteiger charge is 2.37. The fourth-order valence-electron chi connectivity index (χ4n) is 6.01. The van der Waals surface area contributed by atoms with Crippen molar-refractivity contribution in [2.45, 2.75) is 96.4 Å². The lowest BCUT2D eigenvalue weighted by Crippen LogP contribution is -2.43. The zero-order valence-electron chi connectivity index (χ0n) is 20.9. The fraction of sp³-hybridized carbons (Fsp3) is 0.786. The number of ether oxygens (including phenoxy) is 4. The van der Waals surface area contributed by atoms with Gasteiger partial charge in [0.2, 0.25) is 5.82 Å². The molecule has 3 fully saturated rings. The van der Waals surface area contributed by atoms with Gasteiger partial charge in [0.05, 0.1) is 32.5 Å². The molecule has 0 aromatic heterocycles. The summed E-state index contributed by atoms with van der Waals surface area (Å²) in [4.78, 5) is 0. The van der Waals surface area contributed by atoms with E-state index in [1.54, 1.807) is 13.0 Å². The summed E-state index contributed by atoms with van der Waals surface area (Å²) in [6.07, 6.45) is 12.9. The minimum Gasteiger partial charge on any atom is -0.491 e. The molecule has 6 heteroatoms. The lowest BCUT2D eigenvalue weighted by Gasteiger charge is -2.41. The van der Waals surface area contributed by atoms with Gasteiger partial charge in [-0.15, -0.1) is 0 Å². The molecule has 2 aliphatic heterocycles. The summed E-state index contributed by atoms with van der Waals surface area (Å²) in [6, 6.07) is 3.06. The van der Waals surface area contributed by atoms with Crippen LogP contribution in [0, 0.1) is 29.4 Å². The summed E-state index contributed by atoms with van der Waals surface area (Å²) < 4.78 is 52.2. The summed E-state index contributed by atoms with van der Waals surface area (Å²) in [5.74, 6) is -0.383. The van der Waals surface area contributed by atoms with E-state index >= 15 is 0 Å². The maximum Gasteiger partial charge on any atom is 0.200 e. The van der Waals surface area contributed by atoms with Crippen molar-refractivity contribution in [2.24, 2.45) is 17.8 Å².